The molecule has 0 fully saturated rings. The van der Waals surface area contributed by atoms with Crippen LogP contribution in [0.2, 0.25) is 5.02 Å². The minimum atomic E-state index is -0.292. The van der Waals surface area contributed by atoms with Gasteiger partial charge in [0, 0.05) is 5.69 Å². The van der Waals surface area contributed by atoms with Crippen molar-refractivity contribution < 1.29 is 14.6 Å². The predicted octanol–water partition coefficient (Wildman–Crippen LogP) is 2.85. The quantitative estimate of drug-likeness (QED) is 0.890. The summed E-state index contributed by atoms with van der Waals surface area (Å²) in [6.07, 6.45) is 0. The van der Waals surface area contributed by atoms with Crippen LogP contribution in [0.4, 0.5) is 5.69 Å². The summed E-state index contributed by atoms with van der Waals surface area (Å²) in [6, 6.07) is 13.9. The summed E-state index contributed by atoms with van der Waals surface area (Å²) in [5.41, 5.74) is 1.35. The molecule has 0 bridgehead atoms. The summed E-state index contributed by atoms with van der Waals surface area (Å²) in [6.45, 7) is -0.201. The molecule has 0 spiro atoms. The zero-order valence-electron chi connectivity index (χ0n) is 10.7. The van der Waals surface area contributed by atoms with Gasteiger partial charge in [-0.15, -0.1) is 0 Å². The molecule has 0 unspecified atom stereocenters. The standard InChI is InChI=1S/C15H14ClNO3/c16-13-6-1-2-7-14(13)20-10-15(19)17-12-5-3-4-11(8-12)9-18/h1-8,18H,9-10H2,(H,17,19). The topological polar surface area (TPSA) is 58.6 Å². The van der Waals surface area contributed by atoms with Gasteiger partial charge in [0.1, 0.15) is 5.75 Å². The van der Waals surface area contributed by atoms with E-state index in [1.807, 2.05) is 0 Å². The van der Waals surface area contributed by atoms with Gasteiger partial charge in [-0.2, -0.15) is 0 Å². The van der Waals surface area contributed by atoms with Gasteiger partial charge in [-0.1, -0.05) is 35.9 Å². The minimum Gasteiger partial charge on any atom is -0.482 e. The van der Waals surface area contributed by atoms with Crippen molar-refractivity contribution in [3.05, 3.63) is 59.1 Å². The Hall–Kier alpha value is -2.04. The molecule has 2 aromatic rings. The molecule has 0 aliphatic heterocycles. The van der Waals surface area contributed by atoms with E-state index in [9.17, 15) is 4.79 Å². The number of aliphatic hydroxyl groups is 1. The summed E-state index contributed by atoms with van der Waals surface area (Å²) < 4.78 is 5.33. The second-order valence-electron chi connectivity index (χ2n) is 4.13. The third-order valence-electron chi connectivity index (χ3n) is 2.59. The SMILES string of the molecule is O=C(COc1ccccc1Cl)Nc1cccc(CO)c1. The van der Waals surface area contributed by atoms with Gasteiger partial charge >= 0.3 is 0 Å². The van der Waals surface area contributed by atoms with E-state index >= 15 is 0 Å². The van der Waals surface area contributed by atoms with E-state index in [-0.39, 0.29) is 19.1 Å². The number of para-hydroxylation sites is 1. The Morgan fingerprint density at radius 3 is 2.75 bits per heavy atom. The van der Waals surface area contributed by atoms with Gasteiger partial charge in [0.2, 0.25) is 0 Å². The maximum atomic E-state index is 11.8. The Morgan fingerprint density at radius 1 is 1.20 bits per heavy atom. The highest BCUT2D eigenvalue weighted by molar-refractivity contribution is 6.32. The van der Waals surface area contributed by atoms with Crippen LogP contribution in [-0.2, 0) is 11.4 Å². The summed E-state index contributed by atoms with van der Waals surface area (Å²) >= 11 is 5.92. The van der Waals surface area contributed by atoms with Crippen molar-refractivity contribution >= 4 is 23.2 Å². The van der Waals surface area contributed by atoms with Crippen LogP contribution in [-0.4, -0.2) is 17.6 Å². The van der Waals surface area contributed by atoms with Crippen molar-refractivity contribution in [3.8, 4) is 5.75 Å². The van der Waals surface area contributed by atoms with E-state index in [1.54, 1.807) is 48.5 Å². The molecule has 0 aromatic heterocycles. The lowest BCUT2D eigenvalue weighted by Gasteiger charge is -2.09. The van der Waals surface area contributed by atoms with Crippen LogP contribution in [0.3, 0.4) is 0 Å². The first kappa shape index (κ1) is 14.4. The molecular weight excluding hydrogens is 278 g/mol. The van der Waals surface area contributed by atoms with Crippen molar-refractivity contribution in [3.63, 3.8) is 0 Å². The maximum Gasteiger partial charge on any atom is 0.262 e. The molecule has 0 radical (unpaired) electrons. The van der Waals surface area contributed by atoms with Gasteiger partial charge < -0.3 is 15.2 Å². The minimum absolute atomic E-state index is 0.0696. The fraction of sp³-hybridized carbons (Fsp3) is 0.133. The van der Waals surface area contributed by atoms with Crippen LogP contribution < -0.4 is 10.1 Å². The average Bonchev–Trinajstić information content (AvgIpc) is 2.46. The summed E-state index contributed by atoms with van der Waals surface area (Å²) in [5, 5.41) is 12.2. The predicted molar refractivity (Wildman–Crippen MR) is 77.9 cm³/mol. The molecule has 0 saturated carbocycles. The van der Waals surface area contributed by atoms with Crippen LogP contribution in [0, 0.1) is 0 Å². The molecule has 2 N–H and O–H groups in total. The lowest BCUT2D eigenvalue weighted by molar-refractivity contribution is -0.118. The molecule has 0 aliphatic rings. The molecule has 104 valence electrons. The number of halogens is 1. The maximum absolute atomic E-state index is 11.8. The number of benzene rings is 2. The fourth-order valence-corrected chi connectivity index (χ4v) is 1.84. The van der Waals surface area contributed by atoms with Crippen LogP contribution in [0.1, 0.15) is 5.56 Å². The van der Waals surface area contributed by atoms with Gasteiger partial charge in [-0.05, 0) is 29.8 Å². The van der Waals surface area contributed by atoms with E-state index < -0.39 is 0 Å². The summed E-state index contributed by atoms with van der Waals surface area (Å²) in [4.78, 5) is 11.8. The third-order valence-corrected chi connectivity index (χ3v) is 2.90. The average molecular weight is 292 g/mol. The largest absolute Gasteiger partial charge is 0.482 e. The van der Waals surface area contributed by atoms with E-state index in [2.05, 4.69) is 5.32 Å². The van der Waals surface area contributed by atoms with Crippen molar-refractivity contribution in [2.75, 3.05) is 11.9 Å². The van der Waals surface area contributed by atoms with E-state index in [0.717, 1.165) is 5.56 Å². The number of hydrogen-bond donors (Lipinski definition) is 2. The molecule has 0 atom stereocenters. The number of hydrogen-bond acceptors (Lipinski definition) is 3. The fourth-order valence-electron chi connectivity index (χ4n) is 1.65. The molecule has 5 heteroatoms. The monoisotopic (exact) mass is 291 g/mol. The van der Waals surface area contributed by atoms with Crippen LogP contribution >= 0.6 is 11.6 Å². The number of rotatable bonds is 5. The molecule has 1 amide bonds. The number of ether oxygens (including phenoxy) is 1. The Bertz CT molecular complexity index is 601. The first-order chi connectivity index (χ1) is 9.69. The van der Waals surface area contributed by atoms with Crippen molar-refractivity contribution in [1.29, 1.82) is 0 Å². The first-order valence-electron chi connectivity index (χ1n) is 6.06. The molecule has 4 nitrogen and oxygen atoms in total. The van der Waals surface area contributed by atoms with Gasteiger partial charge in [0.15, 0.2) is 6.61 Å². The van der Waals surface area contributed by atoms with E-state index in [4.69, 9.17) is 21.4 Å². The van der Waals surface area contributed by atoms with Crippen LogP contribution in [0.15, 0.2) is 48.5 Å². The smallest absolute Gasteiger partial charge is 0.262 e. The Kier molecular flexibility index (Phi) is 4.98. The van der Waals surface area contributed by atoms with Gasteiger partial charge in [0.05, 0.1) is 11.6 Å². The third kappa shape index (κ3) is 3.98. The zero-order valence-corrected chi connectivity index (χ0v) is 11.4. The normalized spacial score (nSPS) is 10.1. The number of carbonyl (C=O) groups excluding carboxylic acids is 1. The number of aliphatic hydroxyl groups excluding tert-OH is 1. The molecule has 20 heavy (non-hydrogen) atoms. The Labute approximate surface area is 122 Å². The van der Waals surface area contributed by atoms with Gasteiger partial charge in [0.25, 0.3) is 5.91 Å². The number of anilines is 1. The molecular formula is C15H14ClNO3. The number of carbonyl (C=O) groups is 1. The summed E-state index contributed by atoms with van der Waals surface area (Å²) in [5.74, 6) is 0.174. The summed E-state index contributed by atoms with van der Waals surface area (Å²) in [7, 11) is 0. The van der Waals surface area contributed by atoms with E-state index in [0.29, 0.717) is 16.5 Å². The molecule has 2 rings (SSSR count). The lowest BCUT2D eigenvalue weighted by atomic mass is 10.2. The highest BCUT2D eigenvalue weighted by Crippen LogP contribution is 2.22. The van der Waals surface area contributed by atoms with Crippen molar-refractivity contribution in [2.45, 2.75) is 6.61 Å². The molecule has 2 aromatic carbocycles. The second kappa shape index (κ2) is 6.93. The second-order valence-corrected chi connectivity index (χ2v) is 4.53. The van der Waals surface area contributed by atoms with Crippen LogP contribution in [0.5, 0.6) is 5.75 Å². The number of nitrogens with one attached hydrogen (secondary N) is 1. The van der Waals surface area contributed by atoms with Gasteiger partial charge in [-0.3, -0.25) is 4.79 Å². The Balaban J connectivity index is 1.91. The van der Waals surface area contributed by atoms with Crippen molar-refractivity contribution in [1.82, 2.24) is 0 Å². The zero-order chi connectivity index (χ0) is 14.4. The molecule has 0 saturated heterocycles. The van der Waals surface area contributed by atoms with Gasteiger partial charge in [-0.25, -0.2) is 0 Å². The highest BCUT2D eigenvalue weighted by Gasteiger charge is 2.06. The Morgan fingerprint density at radius 2 is 2.00 bits per heavy atom. The lowest BCUT2D eigenvalue weighted by Crippen LogP contribution is -2.20. The molecule has 0 aliphatic carbocycles. The molecule has 0 heterocycles. The van der Waals surface area contributed by atoms with Crippen molar-refractivity contribution in [2.24, 2.45) is 0 Å². The van der Waals surface area contributed by atoms with Crippen LogP contribution in [0.25, 0.3) is 0 Å². The first-order valence-corrected chi connectivity index (χ1v) is 6.44. The number of amides is 1. The highest BCUT2D eigenvalue weighted by atomic mass is 35.5. The van der Waals surface area contributed by atoms with E-state index in [1.165, 1.54) is 0 Å².